The number of hydrogen-bond acceptors (Lipinski definition) is 19. The summed E-state index contributed by atoms with van der Waals surface area (Å²) >= 11 is 0. The minimum Gasteiger partial charge on any atom is -0.386 e. The molecular weight excluding hydrogens is 1630 g/mol. The van der Waals surface area contributed by atoms with Gasteiger partial charge in [0.25, 0.3) is 23.6 Å². The highest BCUT2D eigenvalue weighted by Gasteiger charge is 2.50. The van der Waals surface area contributed by atoms with Crippen LogP contribution in [0.15, 0.2) is 108 Å². The van der Waals surface area contributed by atoms with Crippen LogP contribution < -0.4 is 32.3 Å². The Kier molecular flexibility index (Phi) is 22.7. The fourth-order valence-electron chi connectivity index (χ4n) is 20.5. The Balaban J connectivity index is 0.536. The number of hydrogen-bond donors (Lipinski definition) is 7. The number of alkyl halides is 6. The second-order valence-electron chi connectivity index (χ2n) is 36.5. The Morgan fingerprint density at radius 3 is 1.61 bits per heavy atom. The Hall–Kier alpha value is -11.6. The van der Waals surface area contributed by atoms with Crippen LogP contribution in [0, 0.1) is 23.2 Å². The summed E-state index contributed by atoms with van der Waals surface area (Å²) < 4.78 is 87.7. The van der Waals surface area contributed by atoms with Crippen LogP contribution >= 0.6 is 0 Å². The first-order chi connectivity index (χ1) is 59.4. The van der Waals surface area contributed by atoms with Crippen molar-refractivity contribution in [3.8, 4) is 0 Å². The summed E-state index contributed by atoms with van der Waals surface area (Å²) in [6.45, 7) is 10.7. The van der Waals surface area contributed by atoms with Crippen LogP contribution in [0.4, 0.5) is 43.4 Å². The van der Waals surface area contributed by atoms with Crippen molar-refractivity contribution in [1.82, 2.24) is 68.9 Å². The predicted molar refractivity (Wildman–Crippen MR) is 447 cm³/mol. The lowest BCUT2D eigenvalue weighted by atomic mass is 9.57. The number of nitrogens with one attached hydrogen (secondary N) is 5. The van der Waals surface area contributed by atoms with E-state index in [2.05, 4.69) is 46.4 Å². The Labute approximate surface area is 714 Å². The molecule has 4 aromatic carbocycles. The van der Waals surface area contributed by atoms with E-state index < -0.39 is 111 Å². The number of benzene rings is 4. The van der Waals surface area contributed by atoms with E-state index in [1.165, 1.54) is 35.1 Å². The number of aromatic nitrogens is 8. The number of carbonyl (C=O) groups excluding carboxylic acids is 9. The van der Waals surface area contributed by atoms with Gasteiger partial charge in [0.15, 0.2) is 0 Å². The monoisotopic (exact) mass is 1720 g/mol. The number of piperidine rings is 4. The number of carbonyl (C=O) groups is 9. The number of amides is 9. The minimum atomic E-state index is -4.77. The molecule has 8 aliphatic rings. The molecule has 0 bridgehead atoms. The number of pyridine rings is 2. The van der Waals surface area contributed by atoms with Crippen molar-refractivity contribution < 1.29 is 79.7 Å². The van der Waals surface area contributed by atoms with E-state index in [-0.39, 0.29) is 96.0 Å². The highest BCUT2D eigenvalue weighted by atomic mass is 19.4. The SMILES string of the molecule is CN(C(=O)C1CCC(n2cc3cc(NC(=O)c4cccc(C(F)(F)F)n4)c(C(C)(C)O)cc3n2)CC1)C1CCN(Cc2cccc3c2n(Cc2ccc(NCC4CC5(CCN(CC6CCC(n7cc8cc(NC(=O)c9cccc(C(F)(F)F)n9)c(C(C)(C)O)cc8n7)CC6)CC5)C4)c4c2C(=O)N(C2CCC(=O)NC2=O)C4=O)c(=O)n3C2CCC(=O)NC2=O)CC1. The largest absolute Gasteiger partial charge is 0.433 e. The molecular formula is C90H99F6N17O12. The van der Waals surface area contributed by atoms with Crippen molar-refractivity contribution in [2.75, 3.05) is 62.3 Å². The molecule has 3 aliphatic carbocycles. The fourth-order valence-corrected chi connectivity index (χ4v) is 20.5. The maximum Gasteiger partial charge on any atom is 0.433 e. The van der Waals surface area contributed by atoms with E-state index >= 15 is 14.4 Å². The van der Waals surface area contributed by atoms with Crippen molar-refractivity contribution in [1.29, 1.82) is 0 Å². The summed E-state index contributed by atoms with van der Waals surface area (Å²) in [4.78, 5) is 154. The lowest BCUT2D eigenvalue weighted by molar-refractivity contribution is -0.142. The number of aliphatic hydroxyl groups is 2. The van der Waals surface area contributed by atoms with E-state index in [0.29, 0.717) is 126 Å². The fraction of sp³-hybridized carbons (Fsp3) is 0.489. The van der Waals surface area contributed by atoms with Gasteiger partial charge in [0.2, 0.25) is 29.5 Å². The number of fused-ring (bicyclic) bond motifs is 4. The van der Waals surface area contributed by atoms with Crippen LogP contribution in [0.5, 0.6) is 0 Å². The number of nitrogens with zero attached hydrogens (tertiary/aromatic N) is 12. The number of likely N-dealkylation sites (tertiary alicyclic amines) is 2. The van der Waals surface area contributed by atoms with Crippen LogP contribution in [-0.2, 0) is 60.6 Å². The zero-order valence-electron chi connectivity index (χ0n) is 69.9. The molecule has 29 nitrogen and oxygen atoms in total. The van der Waals surface area contributed by atoms with Crippen LogP contribution in [0.3, 0.4) is 0 Å². The molecule has 125 heavy (non-hydrogen) atoms. The average Bonchev–Trinajstić information content (AvgIpc) is 1.62. The van der Waals surface area contributed by atoms with E-state index in [4.69, 9.17) is 10.2 Å². The van der Waals surface area contributed by atoms with Gasteiger partial charge >= 0.3 is 18.0 Å². The molecule has 17 rings (SSSR count). The maximum atomic E-state index is 15.4. The number of anilines is 3. The third kappa shape index (κ3) is 17.2. The average molecular weight is 1720 g/mol. The van der Waals surface area contributed by atoms with Gasteiger partial charge in [-0.05, 0) is 233 Å². The summed E-state index contributed by atoms with van der Waals surface area (Å²) in [6.07, 6.45) is 5.44. The highest BCUT2D eigenvalue weighted by Crippen LogP contribution is 2.53. The van der Waals surface area contributed by atoms with Gasteiger partial charge in [0.05, 0.1) is 63.0 Å². The molecule has 2 atom stereocenters. The van der Waals surface area contributed by atoms with Crippen LogP contribution in [0.2, 0.25) is 0 Å². The lowest BCUT2D eigenvalue weighted by Crippen LogP contribution is -2.54. The van der Waals surface area contributed by atoms with Gasteiger partial charge in [-0.3, -0.25) is 82.1 Å². The molecule has 5 aliphatic heterocycles. The number of halogens is 6. The number of imide groups is 3. The van der Waals surface area contributed by atoms with Crippen molar-refractivity contribution >= 4 is 103 Å². The number of imidazole rings is 1. The Bertz CT molecular complexity index is 5900. The van der Waals surface area contributed by atoms with Gasteiger partial charge in [-0.25, -0.2) is 14.8 Å². The molecule has 7 fully saturated rings. The van der Waals surface area contributed by atoms with Crippen molar-refractivity contribution in [2.45, 2.75) is 210 Å². The van der Waals surface area contributed by atoms with Crippen LogP contribution in [0.25, 0.3) is 32.8 Å². The zero-order valence-corrected chi connectivity index (χ0v) is 69.9. The smallest absolute Gasteiger partial charge is 0.386 e. The molecule has 4 saturated heterocycles. The molecule has 3 saturated carbocycles. The lowest BCUT2D eigenvalue weighted by Gasteiger charge is -2.53. The predicted octanol–water partition coefficient (Wildman–Crippen LogP) is 11.9. The molecule has 35 heteroatoms. The van der Waals surface area contributed by atoms with E-state index in [1.54, 1.807) is 62.4 Å². The first kappa shape index (κ1) is 85.6. The van der Waals surface area contributed by atoms with Gasteiger partial charge in [0, 0.05) is 116 Å². The molecule has 2 unspecified atom stereocenters. The normalized spacial score (nSPS) is 22.1. The molecule has 7 N–H and O–H groups in total. The summed E-state index contributed by atoms with van der Waals surface area (Å²) in [5, 5.41) is 47.0. The van der Waals surface area contributed by atoms with Gasteiger partial charge in [-0.2, -0.15) is 36.5 Å². The van der Waals surface area contributed by atoms with Gasteiger partial charge < -0.3 is 36.0 Å². The number of para-hydroxylation sites is 1. The van der Waals surface area contributed by atoms with Crippen molar-refractivity contribution in [2.24, 2.45) is 23.2 Å². The third-order valence-electron chi connectivity index (χ3n) is 27.2. The molecule has 9 aromatic rings. The zero-order chi connectivity index (χ0) is 88.3. The second-order valence-corrected chi connectivity index (χ2v) is 36.5. The first-order valence-corrected chi connectivity index (χ1v) is 43.0. The van der Waals surface area contributed by atoms with E-state index in [0.717, 1.165) is 106 Å². The van der Waals surface area contributed by atoms with Crippen LogP contribution in [0.1, 0.15) is 237 Å². The van der Waals surface area contributed by atoms with Crippen molar-refractivity contribution in [3.05, 3.63) is 170 Å². The standard InChI is InChI=1S/C90H99F6N17O12/c1-86(2,124)59-39-64-54(37-66(59)100-78(116)62-10-7-13-71(98-62)89(91,92)93)47-110(104-64)57-20-15-49(16-21-57)44-108-35-31-88(32-36-108)41-50(42-88)43-97-61-24-19-52(75-76(61)84(122)113(83(75)121)70-26-28-74(115)103-81(70)119)46-109-77-53(9-6-12-68(77)112(85(109)123)69-25-27-73(114)102-80(69)118)45-107-33-29-56(30-34-107)106(5)82(120)51-17-22-58(23-18-51)111-48-55-38-67(60(87(3,4)125)40-65(55)105-111)101-79(117)63-11-8-14-72(99-63)90(94,95)96/h6-14,19,24,37-40,47-51,56-58,69-70,97,124-125H,15-18,20-23,25-36,41-46H2,1-5H3,(H,100,116)(H,101,117)(H,102,114,118)(H,103,115,119). The first-order valence-electron chi connectivity index (χ1n) is 43.0. The Morgan fingerprint density at radius 2 is 1.08 bits per heavy atom. The molecule has 9 amide bonds. The molecule has 5 aromatic heterocycles. The quantitative estimate of drug-likeness (QED) is 0.0259. The molecule has 1 spiro atoms. The van der Waals surface area contributed by atoms with E-state index in [9.17, 15) is 70.1 Å². The van der Waals surface area contributed by atoms with Crippen molar-refractivity contribution in [3.63, 3.8) is 0 Å². The van der Waals surface area contributed by atoms with Gasteiger partial charge in [0.1, 0.15) is 34.9 Å². The Morgan fingerprint density at radius 1 is 0.560 bits per heavy atom. The summed E-state index contributed by atoms with van der Waals surface area (Å²) in [7, 11) is 1.84. The summed E-state index contributed by atoms with van der Waals surface area (Å²) in [5.41, 5.74) is -2.17. The number of rotatable bonds is 21. The maximum absolute atomic E-state index is 15.4. The summed E-state index contributed by atoms with van der Waals surface area (Å²) in [5.74, 6) is -5.17. The van der Waals surface area contributed by atoms with E-state index in [1.807, 2.05) is 39.8 Å². The highest BCUT2D eigenvalue weighted by molar-refractivity contribution is 6.26. The molecule has 0 radical (unpaired) electrons. The second kappa shape index (κ2) is 33.1. The van der Waals surface area contributed by atoms with Gasteiger partial charge in [-0.1, -0.05) is 30.3 Å². The topological polar surface area (TPSA) is 356 Å². The minimum absolute atomic E-state index is 0.00267. The van der Waals surface area contributed by atoms with Crippen LogP contribution in [-0.4, -0.2) is 180 Å². The van der Waals surface area contributed by atoms with Gasteiger partial charge in [-0.15, -0.1) is 0 Å². The third-order valence-corrected chi connectivity index (χ3v) is 27.2. The summed E-state index contributed by atoms with van der Waals surface area (Å²) in [6, 6.07) is 19.2. The molecule has 10 heterocycles. The molecule has 658 valence electrons.